The number of aromatic nitrogens is 4. The fourth-order valence-electron chi connectivity index (χ4n) is 2.62. The predicted octanol–water partition coefficient (Wildman–Crippen LogP) is 0.0524. The molecule has 0 aliphatic heterocycles. The molecule has 0 bridgehead atoms. The Morgan fingerprint density at radius 3 is 1.43 bits per heavy atom. The quantitative estimate of drug-likeness (QED) is 0.667. The maximum absolute atomic E-state index is 12.5. The molecule has 2 N–H and O–H groups in total. The second-order valence-corrected chi connectivity index (χ2v) is 6.38. The van der Waals surface area contributed by atoms with Crippen molar-refractivity contribution < 1.29 is 9.59 Å². The lowest BCUT2D eigenvalue weighted by atomic mass is 10.1. The SMILES string of the molecule is CCCCc1cn(C(=O)C(=O)n2cc(CCCC)c(=O)[nH]c2=O)c(=O)[nH]c1=O. The van der Waals surface area contributed by atoms with E-state index in [9.17, 15) is 28.8 Å². The van der Waals surface area contributed by atoms with Crippen LogP contribution in [0.2, 0.25) is 0 Å². The summed E-state index contributed by atoms with van der Waals surface area (Å²) in [6.07, 6.45) is 5.59. The molecule has 2 heterocycles. The summed E-state index contributed by atoms with van der Waals surface area (Å²) in [5, 5.41) is 0. The lowest BCUT2D eigenvalue weighted by Gasteiger charge is -2.08. The Bertz CT molecular complexity index is 1030. The first-order valence-corrected chi connectivity index (χ1v) is 9.08. The highest BCUT2D eigenvalue weighted by atomic mass is 16.2. The lowest BCUT2D eigenvalue weighted by molar-refractivity contribution is 0.0707. The predicted molar refractivity (Wildman–Crippen MR) is 101 cm³/mol. The molecule has 0 unspecified atom stereocenters. The van der Waals surface area contributed by atoms with Crippen LogP contribution in [0.4, 0.5) is 0 Å². The highest BCUT2D eigenvalue weighted by Gasteiger charge is 2.23. The molecule has 0 atom stereocenters. The molecule has 0 aliphatic carbocycles. The monoisotopic (exact) mass is 390 g/mol. The van der Waals surface area contributed by atoms with Crippen molar-refractivity contribution in [3.8, 4) is 0 Å². The fourth-order valence-corrected chi connectivity index (χ4v) is 2.62. The molecule has 2 aromatic rings. The number of carbonyl (C=O) groups excluding carboxylic acids is 2. The number of nitrogens with one attached hydrogen (secondary N) is 2. The first kappa shape index (κ1) is 21.0. The van der Waals surface area contributed by atoms with Crippen molar-refractivity contribution in [1.82, 2.24) is 19.1 Å². The zero-order chi connectivity index (χ0) is 20.8. The summed E-state index contributed by atoms with van der Waals surface area (Å²) < 4.78 is 0.940. The van der Waals surface area contributed by atoms with Crippen LogP contribution in [0.25, 0.3) is 0 Å². The molecule has 28 heavy (non-hydrogen) atoms. The average Bonchev–Trinajstić information content (AvgIpc) is 2.65. The third-order valence-corrected chi connectivity index (χ3v) is 4.25. The lowest BCUT2D eigenvalue weighted by Crippen LogP contribution is -2.44. The Hall–Kier alpha value is -3.30. The van der Waals surface area contributed by atoms with E-state index in [4.69, 9.17) is 0 Å². The van der Waals surface area contributed by atoms with Gasteiger partial charge in [-0.3, -0.25) is 29.1 Å². The van der Waals surface area contributed by atoms with Gasteiger partial charge >= 0.3 is 23.2 Å². The standard InChI is InChI=1S/C18H22N4O6/c1-3-5-7-11-9-21(17(27)19-13(11)23)15(25)16(26)22-10-12(8-6-4-2)14(24)20-18(22)28/h9-10H,3-8H2,1-2H3,(H,19,23,27)(H,20,24,28). The number of unbranched alkanes of at least 4 members (excludes halogenated alkanes) is 2. The van der Waals surface area contributed by atoms with Gasteiger partial charge in [-0.25, -0.2) is 18.7 Å². The minimum absolute atomic E-state index is 0.181. The second-order valence-electron chi connectivity index (χ2n) is 6.38. The molecule has 10 nitrogen and oxygen atoms in total. The first-order chi connectivity index (χ1) is 13.3. The summed E-state index contributed by atoms with van der Waals surface area (Å²) in [5.74, 6) is -2.62. The molecular formula is C18H22N4O6. The average molecular weight is 390 g/mol. The van der Waals surface area contributed by atoms with Gasteiger partial charge in [0.15, 0.2) is 0 Å². The highest BCUT2D eigenvalue weighted by Crippen LogP contribution is 2.00. The number of aromatic amines is 2. The van der Waals surface area contributed by atoms with E-state index in [1.165, 1.54) is 0 Å². The van der Waals surface area contributed by atoms with Crippen LogP contribution in [0, 0.1) is 0 Å². The van der Waals surface area contributed by atoms with Crippen LogP contribution in [0.15, 0.2) is 31.6 Å². The number of H-pyrrole nitrogens is 2. The summed E-state index contributed by atoms with van der Waals surface area (Å²) in [7, 11) is 0. The number of aryl methyl sites for hydroxylation is 2. The topological polar surface area (TPSA) is 144 Å². The normalized spacial score (nSPS) is 10.8. The molecule has 2 aromatic heterocycles. The molecule has 0 saturated heterocycles. The van der Waals surface area contributed by atoms with Crippen LogP contribution in [0.5, 0.6) is 0 Å². The molecule has 0 amide bonds. The molecule has 0 radical (unpaired) electrons. The van der Waals surface area contributed by atoms with Crippen molar-refractivity contribution in [2.24, 2.45) is 0 Å². The van der Waals surface area contributed by atoms with Crippen LogP contribution >= 0.6 is 0 Å². The summed E-state index contributed by atoms with van der Waals surface area (Å²) >= 11 is 0. The van der Waals surface area contributed by atoms with Gasteiger partial charge in [0.2, 0.25) is 0 Å². The Morgan fingerprint density at radius 2 is 1.11 bits per heavy atom. The molecule has 0 spiro atoms. The zero-order valence-corrected chi connectivity index (χ0v) is 15.7. The van der Waals surface area contributed by atoms with Crippen molar-refractivity contribution in [3.63, 3.8) is 0 Å². The van der Waals surface area contributed by atoms with Crippen molar-refractivity contribution >= 4 is 11.8 Å². The van der Waals surface area contributed by atoms with E-state index in [2.05, 4.69) is 0 Å². The van der Waals surface area contributed by atoms with E-state index in [0.29, 0.717) is 34.8 Å². The van der Waals surface area contributed by atoms with E-state index in [-0.39, 0.29) is 11.1 Å². The van der Waals surface area contributed by atoms with E-state index < -0.39 is 34.3 Å². The van der Waals surface area contributed by atoms with Gasteiger partial charge in [0.05, 0.1) is 0 Å². The molecule has 0 saturated carbocycles. The Kier molecular flexibility index (Phi) is 6.80. The van der Waals surface area contributed by atoms with Crippen LogP contribution in [0.1, 0.15) is 60.2 Å². The van der Waals surface area contributed by atoms with Gasteiger partial charge in [0.25, 0.3) is 11.1 Å². The molecular weight excluding hydrogens is 368 g/mol. The van der Waals surface area contributed by atoms with Crippen LogP contribution in [-0.4, -0.2) is 30.9 Å². The number of hydrogen-bond acceptors (Lipinski definition) is 6. The number of hydrogen-bond donors (Lipinski definition) is 2. The van der Waals surface area contributed by atoms with Crippen molar-refractivity contribution in [2.45, 2.75) is 52.4 Å². The van der Waals surface area contributed by atoms with E-state index in [0.717, 1.165) is 25.2 Å². The van der Waals surface area contributed by atoms with Crippen LogP contribution < -0.4 is 22.5 Å². The Morgan fingerprint density at radius 1 is 0.750 bits per heavy atom. The Balaban J connectivity index is 2.46. The van der Waals surface area contributed by atoms with E-state index in [1.807, 2.05) is 23.8 Å². The number of carbonyl (C=O) groups is 2. The van der Waals surface area contributed by atoms with Crippen molar-refractivity contribution in [1.29, 1.82) is 0 Å². The van der Waals surface area contributed by atoms with Gasteiger partial charge in [-0.05, 0) is 25.7 Å². The summed E-state index contributed by atoms with van der Waals surface area (Å²) in [4.78, 5) is 76.6. The summed E-state index contributed by atoms with van der Waals surface area (Å²) in [6, 6.07) is 0. The molecule has 0 aliphatic rings. The minimum atomic E-state index is -1.31. The molecule has 150 valence electrons. The van der Waals surface area contributed by atoms with Crippen molar-refractivity contribution in [3.05, 3.63) is 65.2 Å². The van der Waals surface area contributed by atoms with Gasteiger partial charge < -0.3 is 0 Å². The number of nitrogens with zero attached hydrogens (tertiary/aromatic N) is 2. The molecule has 0 fully saturated rings. The van der Waals surface area contributed by atoms with Crippen molar-refractivity contribution in [2.75, 3.05) is 0 Å². The van der Waals surface area contributed by atoms with Gasteiger partial charge in [-0.15, -0.1) is 0 Å². The Labute approximate surface area is 158 Å². The van der Waals surface area contributed by atoms with Crippen LogP contribution in [-0.2, 0) is 12.8 Å². The van der Waals surface area contributed by atoms with E-state index in [1.54, 1.807) is 0 Å². The second kappa shape index (κ2) is 9.07. The zero-order valence-electron chi connectivity index (χ0n) is 15.7. The smallest absolute Gasteiger partial charge is 0.273 e. The number of rotatable bonds is 6. The molecule has 10 heteroatoms. The summed E-state index contributed by atoms with van der Waals surface area (Å²) in [5.41, 5.74) is -3.05. The van der Waals surface area contributed by atoms with Gasteiger partial charge in [-0.1, -0.05) is 26.7 Å². The molecule has 0 aromatic carbocycles. The minimum Gasteiger partial charge on any atom is -0.273 e. The van der Waals surface area contributed by atoms with Gasteiger partial charge in [-0.2, -0.15) is 0 Å². The third kappa shape index (κ3) is 4.51. The maximum Gasteiger partial charge on any atom is 0.335 e. The van der Waals surface area contributed by atoms with Crippen LogP contribution in [0.3, 0.4) is 0 Å². The fraction of sp³-hybridized carbons (Fsp3) is 0.444. The van der Waals surface area contributed by atoms with Gasteiger partial charge in [0, 0.05) is 23.5 Å². The maximum atomic E-state index is 12.5. The largest absolute Gasteiger partial charge is 0.335 e. The van der Waals surface area contributed by atoms with Gasteiger partial charge in [0.1, 0.15) is 0 Å². The first-order valence-electron chi connectivity index (χ1n) is 9.08. The molecule has 2 rings (SSSR count). The van der Waals surface area contributed by atoms with E-state index >= 15 is 0 Å². The highest BCUT2D eigenvalue weighted by molar-refractivity contribution is 6.36. The summed E-state index contributed by atoms with van der Waals surface area (Å²) in [6.45, 7) is 3.83. The third-order valence-electron chi connectivity index (χ3n) is 4.25.